The molecule has 0 spiro atoms. The molecule has 2 N–H and O–H groups in total. The largest absolute Gasteiger partial charge is 0.493 e. The number of amides is 2. The van der Waals surface area contributed by atoms with Crippen molar-refractivity contribution in [2.75, 3.05) is 20.3 Å². The van der Waals surface area contributed by atoms with Gasteiger partial charge in [-0.25, -0.2) is 0 Å². The van der Waals surface area contributed by atoms with E-state index < -0.39 is 11.8 Å². The summed E-state index contributed by atoms with van der Waals surface area (Å²) in [5.41, 5.74) is 6.93. The molecule has 0 radical (unpaired) electrons. The van der Waals surface area contributed by atoms with E-state index in [4.69, 9.17) is 14.2 Å². The van der Waals surface area contributed by atoms with Gasteiger partial charge in [-0.05, 0) is 35.7 Å². The van der Waals surface area contributed by atoms with Crippen molar-refractivity contribution in [3.05, 3.63) is 78.4 Å². The zero-order valence-corrected chi connectivity index (χ0v) is 19.0. The van der Waals surface area contributed by atoms with E-state index in [0.717, 1.165) is 11.1 Å². The number of hydrogen-bond donors (Lipinski definition) is 2. The molecule has 0 aliphatic heterocycles. The quantitative estimate of drug-likeness (QED) is 0.479. The number of hydrogen-bond acceptors (Lipinski definition) is 5. The molecule has 7 nitrogen and oxygen atoms in total. The normalized spacial score (nSPS) is 10.4. The van der Waals surface area contributed by atoms with Gasteiger partial charge in [-0.2, -0.15) is 0 Å². The van der Waals surface area contributed by atoms with Gasteiger partial charge in [0.05, 0.1) is 13.7 Å². The second kappa shape index (κ2) is 11.6. The number of ether oxygens (including phenoxy) is 3. The first kappa shape index (κ1) is 23.7. The first-order valence-electron chi connectivity index (χ1n) is 10.6. The molecule has 3 rings (SSSR count). The van der Waals surface area contributed by atoms with Gasteiger partial charge in [0.2, 0.25) is 0 Å². The Morgan fingerprint density at radius 3 is 2.27 bits per heavy atom. The molecule has 0 saturated heterocycles. The Balaban J connectivity index is 1.55. The number of carbonyl (C=O) groups excluding carboxylic acids is 2. The van der Waals surface area contributed by atoms with Crippen molar-refractivity contribution >= 4 is 11.8 Å². The standard InChI is InChI=1S/C26H28N2O5/c1-18(2)16-32-23-14-13-20(15-24(23)31-3)26(30)28-27-25(29)17-33-22-12-8-7-11-21(22)19-9-5-4-6-10-19/h4-15,18H,16-17H2,1-3H3,(H,27,29)(H,28,30). The third-order valence-corrected chi connectivity index (χ3v) is 4.64. The van der Waals surface area contributed by atoms with Crippen molar-refractivity contribution in [3.63, 3.8) is 0 Å². The average molecular weight is 449 g/mol. The van der Waals surface area contributed by atoms with Gasteiger partial charge in [0.15, 0.2) is 18.1 Å². The van der Waals surface area contributed by atoms with E-state index in [2.05, 4.69) is 10.9 Å². The highest BCUT2D eigenvalue weighted by Crippen LogP contribution is 2.30. The van der Waals surface area contributed by atoms with Crippen LogP contribution in [-0.4, -0.2) is 32.1 Å². The summed E-state index contributed by atoms with van der Waals surface area (Å²) >= 11 is 0. The minimum absolute atomic E-state index is 0.255. The molecule has 0 saturated carbocycles. The highest BCUT2D eigenvalue weighted by Gasteiger charge is 2.13. The molecule has 7 heteroatoms. The second-order valence-corrected chi connectivity index (χ2v) is 7.72. The van der Waals surface area contributed by atoms with Gasteiger partial charge in [0.25, 0.3) is 11.8 Å². The molecule has 0 bridgehead atoms. The summed E-state index contributed by atoms with van der Waals surface area (Å²) in [5.74, 6) is 0.950. The summed E-state index contributed by atoms with van der Waals surface area (Å²) < 4.78 is 16.7. The first-order chi connectivity index (χ1) is 16.0. The molecule has 0 unspecified atom stereocenters. The van der Waals surface area contributed by atoms with Crippen molar-refractivity contribution in [2.24, 2.45) is 5.92 Å². The number of para-hydroxylation sites is 1. The van der Waals surface area contributed by atoms with Crippen LogP contribution in [0.25, 0.3) is 11.1 Å². The maximum Gasteiger partial charge on any atom is 0.276 e. The summed E-state index contributed by atoms with van der Waals surface area (Å²) in [7, 11) is 1.51. The molecule has 2 amide bonds. The highest BCUT2D eigenvalue weighted by atomic mass is 16.5. The minimum atomic E-state index is -0.491. The predicted octanol–water partition coefficient (Wildman–Crippen LogP) is 4.24. The molecule has 3 aromatic rings. The number of benzene rings is 3. The van der Waals surface area contributed by atoms with E-state index in [1.807, 2.05) is 62.4 Å². The van der Waals surface area contributed by atoms with Crippen molar-refractivity contribution < 1.29 is 23.8 Å². The smallest absolute Gasteiger partial charge is 0.276 e. The molecular formula is C26H28N2O5. The van der Waals surface area contributed by atoms with E-state index in [-0.39, 0.29) is 6.61 Å². The Labute approximate surface area is 193 Å². The monoisotopic (exact) mass is 448 g/mol. The molecule has 0 aromatic heterocycles. The van der Waals surface area contributed by atoms with E-state index in [1.54, 1.807) is 24.3 Å². The van der Waals surface area contributed by atoms with Gasteiger partial charge >= 0.3 is 0 Å². The minimum Gasteiger partial charge on any atom is -0.493 e. The molecule has 0 aliphatic rings. The summed E-state index contributed by atoms with van der Waals surface area (Å²) in [6.45, 7) is 4.36. The molecular weight excluding hydrogens is 420 g/mol. The summed E-state index contributed by atoms with van der Waals surface area (Å²) in [6.07, 6.45) is 0. The van der Waals surface area contributed by atoms with Crippen molar-refractivity contribution in [2.45, 2.75) is 13.8 Å². The van der Waals surface area contributed by atoms with Crippen LogP contribution in [0, 0.1) is 5.92 Å². The molecule has 33 heavy (non-hydrogen) atoms. The maximum absolute atomic E-state index is 12.4. The van der Waals surface area contributed by atoms with Crippen LogP contribution >= 0.6 is 0 Å². The number of methoxy groups -OCH3 is 1. The van der Waals surface area contributed by atoms with Gasteiger partial charge in [0, 0.05) is 11.1 Å². The number of rotatable bonds is 9. The lowest BCUT2D eigenvalue weighted by atomic mass is 10.1. The van der Waals surface area contributed by atoms with Crippen LogP contribution in [-0.2, 0) is 4.79 Å². The maximum atomic E-state index is 12.4. The van der Waals surface area contributed by atoms with Crippen molar-refractivity contribution in [3.8, 4) is 28.4 Å². The zero-order chi connectivity index (χ0) is 23.6. The Morgan fingerprint density at radius 2 is 1.55 bits per heavy atom. The van der Waals surface area contributed by atoms with Gasteiger partial charge in [-0.3, -0.25) is 20.4 Å². The van der Waals surface area contributed by atoms with E-state index >= 15 is 0 Å². The fourth-order valence-electron chi connectivity index (χ4n) is 3.01. The summed E-state index contributed by atoms with van der Waals surface area (Å²) in [5, 5.41) is 0. The molecule has 0 heterocycles. The highest BCUT2D eigenvalue weighted by molar-refractivity contribution is 5.96. The van der Waals surface area contributed by atoms with Crippen LogP contribution in [0.1, 0.15) is 24.2 Å². The second-order valence-electron chi connectivity index (χ2n) is 7.72. The molecule has 3 aromatic carbocycles. The van der Waals surface area contributed by atoms with Crippen molar-refractivity contribution in [1.29, 1.82) is 0 Å². The van der Waals surface area contributed by atoms with Crippen LogP contribution in [0.3, 0.4) is 0 Å². The topological polar surface area (TPSA) is 85.9 Å². The van der Waals surface area contributed by atoms with Crippen molar-refractivity contribution in [1.82, 2.24) is 10.9 Å². The number of hydrazine groups is 1. The van der Waals surface area contributed by atoms with Gasteiger partial charge in [-0.15, -0.1) is 0 Å². The van der Waals surface area contributed by atoms with Crippen LogP contribution < -0.4 is 25.1 Å². The lowest BCUT2D eigenvalue weighted by molar-refractivity contribution is -0.123. The lowest BCUT2D eigenvalue weighted by Gasteiger charge is -2.14. The van der Waals surface area contributed by atoms with E-state index in [0.29, 0.717) is 35.3 Å². The fraction of sp³-hybridized carbons (Fsp3) is 0.231. The summed E-state index contributed by atoms with van der Waals surface area (Å²) in [4.78, 5) is 24.7. The number of carbonyl (C=O) groups is 2. The van der Waals surface area contributed by atoms with Crippen LogP contribution in [0.15, 0.2) is 72.8 Å². The van der Waals surface area contributed by atoms with Crippen LogP contribution in [0.5, 0.6) is 17.2 Å². The van der Waals surface area contributed by atoms with Gasteiger partial charge in [-0.1, -0.05) is 62.4 Å². The Morgan fingerprint density at radius 1 is 0.818 bits per heavy atom. The summed E-state index contributed by atoms with van der Waals surface area (Å²) in [6, 6.07) is 22.0. The Kier molecular flexibility index (Phi) is 8.30. The number of nitrogens with one attached hydrogen (secondary N) is 2. The van der Waals surface area contributed by atoms with Gasteiger partial charge in [0.1, 0.15) is 5.75 Å². The fourth-order valence-corrected chi connectivity index (χ4v) is 3.01. The SMILES string of the molecule is COc1cc(C(=O)NNC(=O)COc2ccccc2-c2ccccc2)ccc1OCC(C)C. The lowest BCUT2D eigenvalue weighted by Crippen LogP contribution is -2.43. The Hall–Kier alpha value is -4.00. The molecule has 0 fully saturated rings. The molecule has 0 aliphatic carbocycles. The zero-order valence-electron chi connectivity index (χ0n) is 19.0. The third kappa shape index (κ3) is 6.74. The van der Waals surface area contributed by atoms with E-state index in [1.165, 1.54) is 7.11 Å². The third-order valence-electron chi connectivity index (χ3n) is 4.64. The van der Waals surface area contributed by atoms with Gasteiger partial charge < -0.3 is 14.2 Å². The predicted molar refractivity (Wildman–Crippen MR) is 126 cm³/mol. The first-order valence-corrected chi connectivity index (χ1v) is 10.6. The van der Waals surface area contributed by atoms with Crippen LogP contribution in [0.4, 0.5) is 0 Å². The van der Waals surface area contributed by atoms with Crippen LogP contribution in [0.2, 0.25) is 0 Å². The van der Waals surface area contributed by atoms with E-state index in [9.17, 15) is 9.59 Å². The Bertz CT molecular complexity index is 1080. The molecule has 172 valence electrons. The average Bonchev–Trinajstić information content (AvgIpc) is 2.85. The molecule has 0 atom stereocenters.